The molecule has 0 saturated heterocycles. The van der Waals surface area contributed by atoms with Crippen molar-refractivity contribution in [2.45, 2.75) is 17.6 Å². The Labute approximate surface area is 112 Å². The molecular weight excluding hydrogens is 334 g/mol. The summed E-state index contributed by atoms with van der Waals surface area (Å²) < 4.78 is 27.2. The molecule has 0 spiro atoms. The number of rotatable bonds is 4. The van der Waals surface area contributed by atoms with Crippen LogP contribution in [0, 0.1) is 11.8 Å². The fourth-order valence-electron chi connectivity index (χ4n) is 1.43. The Morgan fingerprint density at radius 3 is 2.75 bits per heavy atom. The molecule has 0 bridgehead atoms. The number of sulfonamides is 1. The zero-order chi connectivity index (χ0) is 11.9. The average Bonchev–Trinajstić information content (AvgIpc) is 2.80. The molecule has 1 heterocycles. The lowest BCUT2D eigenvalue weighted by molar-refractivity contribution is 0.576. The second-order valence-electron chi connectivity index (χ2n) is 4.01. The number of halogens is 2. The molecule has 1 saturated carbocycles. The normalized spacial score (nSPS) is 24.7. The lowest BCUT2D eigenvalue weighted by atomic mass is 10.3. The van der Waals surface area contributed by atoms with Crippen LogP contribution in [-0.2, 0) is 10.0 Å². The topological polar surface area (TPSA) is 46.2 Å². The van der Waals surface area contributed by atoms with E-state index < -0.39 is 10.0 Å². The highest BCUT2D eigenvalue weighted by Crippen LogP contribution is 2.38. The molecule has 1 aromatic heterocycles. The fraction of sp³-hybridized carbons (Fsp3) is 0.556. The molecule has 16 heavy (non-hydrogen) atoms. The van der Waals surface area contributed by atoms with Gasteiger partial charge in [0.1, 0.15) is 4.21 Å². The predicted molar refractivity (Wildman–Crippen MR) is 69.5 cm³/mol. The lowest BCUT2D eigenvalue weighted by Crippen LogP contribution is -2.25. The van der Waals surface area contributed by atoms with Gasteiger partial charge in [-0.15, -0.1) is 11.3 Å². The molecule has 7 heteroatoms. The fourth-order valence-corrected chi connectivity index (χ4v) is 4.97. The first-order chi connectivity index (χ1) is 7.40. The molecule has 1 aromatic rings. The van der Waals surface area contributed by atoms with Crippen LogP contribution in [0.5, 0.6) is 0 Å². The SMILES string of the molecule is CC1CC1CNS(=O)(=O)c1cc(Cl)c(Br)s1. The third-order valence-corrected chi connectivity index (χ3v) is 7.07. The van der Waals surface area contributed by atoms with Crippen LogP contribution in [0.3, 0.4) is 0 Å². The standard InChI is InChI=1S/C9H11BrClNO2S2/c1-5-2-6(5)4-12-16(13,14)8-3-7(11)9(10)15-8/h3,5-6,12H,2,4H2,1H3. The summed E-state index contributed by atoms with van der Waals surface area (Å²) in [5.74, 6) is 1.13. The first-order valence-electron chi connectivity index (χ1n) is 4.84. The second kappa shape index (κ2) is 4.57. The molecular formula is C9H11BrClNO2S2. The molecule has 3 nitrogen and oxygen atoms in total. The van der Waals surface area contributed by atoms with Gasteiger partial charge in [-0.25, -0.2) is 13.1 Å². The van der Waals surface area contributed by atoms with Gasteiger partial charge in [0, 0.05) is 6.54 Å². The van der Waals surface area contributed by atoms with Crippen LogP contribution in [-0.4, -0.2) is 15.0 Å². The van der Waals surface area contributed by atoms with Gasteiger partial charge in [0.25, 0.3) is 0 Å². The molecule has 0 aromatic carbocycles. The Morgan fingerprint density at radius 2 is 2.31 bits per heavy atom. The molecule has 1 aliphatic carbocycles. The van der Waals surface area contributed by atoms with Crippen molar-refractivity contribution in [3.05, 3.63) is 14.9 Å². The summed E-state index contributed by atoms with van der Waals surface area (Å²) >= 11 is 10.1. The largest absolute Gasteiger partial charge is 0.250 e. The summed E-state index contributed by atoms with van der Waals surface area (Å²) in [6.07, 6.45) is 1.11. The van der Waals surface area contributed by atoms with Crippen LogP contribution >= 0.6 is 38.9 Å². The number of nitrogens with one attached hydrogen (secondary N) is 1. The Kier molecular flexibility index (Phi) is 3.66. The van der Waals surface area contributed by atoms with Crippen molar-refractivity contribution in [1.29, 1.82) is 0 Å². The maximum atomic E-state index is 11.9. The van der Waals surface area contributed by atoms with Crippen molar-refractivity contribution in [3.8, 4) is 0 Å². The molecule has 0 radical (unpaired) electrons. The van der Waals surface area contributed by atoms with Crippen molar-refractivity contribution < 1.29 is 8.42 Å². The molecule has 2 rings (SSSR count). The monoisotopic (exact) mass is 343 g/mol. The number of hydrogen-bond donors (Lipinski definition) is 1. The smallest absolute Gasteiger partial charge is 0.210 e. The van der Waals surface area contributed by atoms with E-state index in [9.17, 15) is 8.42 Å². The van der Waals surface area contributed by atoms with Gasteiger partial charge in [-0.3, -0.25) is 0 Å². The Morgan fingerprint density at radius 1 is 1.69 bits per heavy atom. The summed E-state index contributed by atoms with van der Waals surface area (Å²) in [6.45, 7) is 2.65. The summed E-state index contributed by atoms with van der Waals surface area (Å²) in [5, 5.41) is 0.435. The quantitative estimate of drug-likeness (QED) is 0.912. The molecule has 90 valence electrons. The zero-order valence-electron chi connectivity index (χ0n) is 8.54. The molecule has 0 amide bonds. The van der Waals surface area contributed by atoms with E-state index in [1.807, 2.05) is 0 Å². The predicted octanol–water partition coefficient (Wildman–Crippen LogP) is 3.10. The van der Waals surface area contributed by atoms with E-state index in [1.54, 1.807) is 0 Å². The Hall–Kier alpha value is 0.380. The van der Waals surface area contributed by atoms with Crippen molar-refractivity contribution in [1.82, 2.24) is 4.72 Å². The highest BCUT2D eigenvalue weighted by atomic mass is 79.9. The minimum Gasteiger partial charge on any atom is -0.210 e. The third kappa shape index (κ3) is 2.79. The van der Waals surface area contributed by atoms with Crippen molar-refractivity contribution in [2.24, 2.45) is 11.8 Å². The van der Waals surface area contributed by atoms with Crippen molar-refractivity contribution >= 4 is 48.9 Å². The molecule has 1 N–H and O–H groups in total. The number of thiophene rings is 1. The Bertz CT molecular complexity index is 480. The molecule has 2 unspecified atom stereocenters. The van der Waals surface area contributed by atoms with Crippen molar-refractivity contribution in [3.63, 3.8) is 0 Å². The van der Waals surface area contributed by atoms with Gasteiger partial charge in [0.2, 0.25) is 10.0 Å². The molecule has 1 aliphatic rings. The van der Waals surface area contributed by atoms with Crippen LogP contribution in [0.25, 0.3) is 0 Å². The minimum atomic E-state index is -3.39. The van der Waals surface area contributed by atoms with Crippen LogP contribution in [0.2, 0.25) is 5.02 Å². The maximum Gasteiger partial charge on any atom is 0.250 e. The van der Waals surface area contributed by atoms with E-state index in [-0.39, 0.29) is 4.21 Å². The summed E-state index contributed by atoms with van der Waals surface area (Å²) in [6, 6.07) is 1.47. The van der Waals surface area contributed by atoms with Gasteiger partial charge in [0.05, 0.1) is 8.81 Å². The highest BCUT2D eigenvalue weighted by Gasteiger charge is 2.33. The van der Waals surface area contributed by atoms with E-state index in [1.165, 1.54) is 6.07 Å². The van der Waals surface area contributed by atoms with Gasteiger partial charge < -0.3 is 0 Å². The van der Waals surface area contributed by atoms with Crippen molar-refractivity contribution in [2.75, 3.05) is 6.54 Å². The first-order valence-corrected chi connectivity index (χ1v) is 8.31. The Balaban J connectivity index is 2.06. The highest BCUT2D eigenvalue weighted by molar-refractivity contribution is 9.11. The van der Waals surface area contributed by atoms with E-state index in [4.69, 9.17) is 11.6 Å². The number of hydrogen-bond acceptors (Lipinski definition) is 3. The van der Waals surface area contributed by atoms with Crippen LogP contribution in [0.15, 0.2) is 14.1 Å². The maximum absolute atomic E-state index is 11.9. The van der Waals surface area contributed by atoms with E-state index in [0.29, 0.717) is 27.2 Å². The van der Waals surface area contributed by atoms with Crippen LogP contribution < -0.4 is 4.72 Å². The molecule has 2 atom stereocenters. The second-order valence-corrected chi connectivity index (χ2v) is 8.78. The van der Waals surface area contributed by atoms with E-state index >= 15 is 0 Å². The van der Waals surface area contributed by atoms with Gasteiger partial charge in [-0.05, 0) is 40.3 Å². The van der Waals surface area contributed by atoms with Crippen LogP contribution in [0.1, 0.15) is 13.3 Å². The summed E-state index contributed by atoms with van der Waals surface area (Å²) in [5.41, 5.74) is 0. The van der Waals surface area contributed by atoms with Gasteiger partial charge in [-0.1, -0.05) is 18.5 Å². The first kappa shape index (κ1) is 12.8. The zero-order valence-corrected chi connectivity index (χ0v) is 12.5. The average molecular weight is 345 g/mol. The summed E-state index contributed by atoms with van der Waals surface area (Å²) in [4.78, 5) is 0. The minimum absolute atomic E-state index is 0.262. The lowest BCUT2D eigenvalue weighted by Gasteiger charge is -2.02. The van der Waals surface area contributed by atoms with E-state index in [0.717, 1.165) is 17.8 Å². The molecule has 1 fully saturated rings. The van der Waals surface area contributed by atoms with Gasteiger partial charge in [0.15, 0.2) is 0 Å². The van der Waals surface area contributed by atoms with Crippen LogP contribution in [0.4, 0.5) is 0 Å². The van der Waals surface area contributed by atoms with Gasteiger partial charge in [-0.2, -0.15) is 0 Å². The summed E-state index contributed by atoms with van der Waals surface area (Å²) in [7, 11) is -3.39. The van der Waals surface area contributed by atoms with Gasteiger partial charge >= 0.3 is 0 Å². The third-order valence-electron chi connectivity index (χ3n) is 2.70. The molecule has 0 aliphatic heterocycles. The van der Waals surface area contributed by atoms with E-state index in [2.05, 4.69) is 27.6 Å².